The Bertz CT molecular complexity index is 1080. The van der Waals surface area contributed by atoms with E-state index in [1.165, 1.54) is 19.2 Å². The molecule has 0 atom stereocenters. The van der Waals surface area contributed by atoms with Gasteiger partial charge in [0.25, 0.3) is 5.91 Å². The number of methoxy groups -OCH3 is 1. The van der Waals surface area contributed by atoms with Crippen LogP contribution in [0.25, 0.3) is 11.6 Å². The Balaban J connectivity index is 1.98. The normalized spacial score (nSPS) is 11.1. The van der Waals surface area contributed by atoms with Crippen LogP contribution in [0.5, 0.6) is 0 Å². The number of rotatable bonds is 5. The van der Waals surface area contributed by atoms with Crippen molar-refractivity contribution in [3.8, 4) is 0 Å². The second kappa shape index (κ2) is 9.41. The molecule has 0 radical (unpaired) electrons. The number of amides is 1. The average Bonchev–Trinajstić information content (AvgIpc) is 2.74. The summed E-state index contributed by atoms with van der Waals surface area (Å²) in [6.45, 7) is 0. The summed E-state index contributed by atoms with van der Waals surface area (Å²) in [5.74, 6) is -0.935. The standard InChI is InChI=1S/C23H17Cl2NO3/c1-29-23(28)19-14-17(11-12-21(19)25)26-22(27)18(15-7-3-2-4-8-15)13-16-9-5-6-10-20(16)24/h2-14H,1H3,(H,26,27)/b18-13+. The molecule has 0 bridgehead atoms. The second-order valence-electron chi connectivity index (χ2n) is 6.09. The molecule has 6 heteroatoms. The van der Waals surface area contributed by atoms with E-state index in [9.17, 15) is 9.59 Å². The second-order valence-corrected chi connectivity index (χ2v) is 6.90. The summed E-state index contributed by atoms with van der Waals surface area (Å²) < 4.78 is 4.72. The SMILES string of the molecule is COC(=O)c1cc(NC(=O)/C(=C/c2ccccc2Cl)c2ccccc2)ccc1Cl. The number of anilines is 1. The molecule has 0 aromatic heterocycles. The number of ether oxygens (including phenoxy) is 1. The third kappa shape index (κ3) is 5.05. The van der Waals surface area contributed by atoms with E-state index in [0.29, 0.717) is 16.3 Å². The van der Waals surface area contributed by atoms with Crippen LogP contribution in [0.1, 0.15) is 21.5 Å². The summed E-state index contributed by atoms with van der Waals surface area (Å²) in [4.78, 5) is 25.0. The molecular weight excluding hydrogens is 409 g/mol. The number of benzene rings is 3. The first-order valence-corrected chi connectivity index (χ1v) is 9.46. The number of esters is 1. The molecule has 0 heterocycles. The molecule has 0 spiro atoms. The Morgan fingerprint density at radius 3 is 2.28 bits per heavy atom. The molecule has 1 N–H and O–H groups in total. The monoisotopic (exact) mass is 425 g/mol. The molecule has 0 fully saturated rings. The van der Waals surface area contributed by atoms with Crippen LogP contribution in [-0.2, 0) is 9.53 Å². The van der Waals surface area contributed by atoms with E-state index in [-0.39, 0.29) is 16.5 Å². The number of carbonyl (C=O) groups is 2. The highest BCUT2D eigenvalue weighted by Crippen LogP contribution is 2.26. The van der Waals surface area contributed by atoms with E-state index in [1.807, 2.05) is 48.5 Å². The lowest BCUT2D eigenvalue weighted by Gasteiger charge is -2.12. The molecule has 0 saturated carbocycles. The van der Waals surface area contributed by atoms with Crippen LogP contribution in [0.3, 0.4) is 0 Å². The minimum Gasteiger partial charge on any atom is -0.465 e. The van der Waals surface area contributed by atoms with Crippen LogP contribution in [0, 0.1) is 0 Å². The van der Waals surface area contributed by atoms with Crippen LogP contribution in [0.15, 0.2) is 72.8 Å². The molecule has 0 unspecified atom stereocenters. The van der Waals surface area contributed by atoms with Crippen LogP contribution < -0.4 is 5.32 Å². The molecule has 0 aliphatic rings. The first-order valence-electron chi connectivity index (χ1n) is 8.70. The van der Waals surface area contributed by atoms with Gasteiger partial charge in [-0.25, -0.2) is 4.79 Å². The minimum absolute atomic E-state index is 0.170. The van der Waals surface area contributed by atoms with Gasteiger partial charge in [-0.15, -0.1) is 0 Å². The van der Waals surface area contributed by atoms with Gasteiger partial charge in [0.05, 0.1) is 17.7 Å². The third-order valence-corrected chi connectivity index (χ3v) is 4.84. The molecule has 3 aromatic rings. The first-order chi connectivity index (χ1) is 14.0. The van der Waals surface area contributed by atoms with Gasteiger partial charge in [-0.05, 0) is 41.5 Å². The van der Waals surface area contributed by atoms with Crippen molar-refractivity contribution in [2.24, 2.45) is 0 Å². The third-order valence-electron chi connectivity index (χ3n) is 4.16. The van der Waals surface area contributed by atoms with E-state index >= 15 is 0 Å². The Kier molecular flexibility index (Phi) is 6.70. The van der Waals surface area contributed by atoms with Crippen LogP contribution in [0.2, 0.25) is 10.0 Å². The Morgan fingerprint density at radius 2 is 1.59 bits per heavy atom. The van der Waals surface area contributed by atoms with Crippen molar-refractivity contribution < 1.29 is 14.3 Å². The molecular formula is C23H17Cl2NO3. The van der Waals surface area contributed by atoms with E-state index in [0.717, 1.165) is 11.1 Å². The zero-order valence-electron chi connectivity index (χ0n) is 15.5. The summed E-state index contributed by atoms with van der Waals surface area (Å²) in [7, 11) is 1.27. The number of hydrogen-bond donors (Lipinski definition) is 1. The highest BCUT2D eigenvalue weighted by Gasteiger charge is 2.16. The lowest BCUT2D eigenvalue weighted by Crippen LogP contribution is -2.14. The molecule has 0 saturated heterocycles. The fourth-order valence-electron chi connectivity index (χ4n) is 2.71. The Labute approximate surface area is 178 Å². The van der Waals surface area contributed by atoms with Crippen molar-refractivity contribution in [3.05, 3.63) is 99.5 Å². The van der Waals surface area contributed by atoms with Crippen LogP contribution >= 0.6 is 23.2 Å². The van der Waals surface area contributed by atoms with Crippen LogP contribution in [0.4, 0.5) is 5.69 Å². The van der Waals surface area contributed by atoms with Crippen molar-refractivity contribution in [1.29, 1.82) is 0 Å². The Morgan fingerprint density at radius 1 is 0.897 bits per heavy atom. The summed E-state index contributed by atoms with van der Waals surface area (Å²) >= 11 is 12.3. The molecule has 3 rings (SSSR count). The quantitative estimate of drug-likeness (QED) is 0.311. The van der Waals surface area contributed by atoms with E-state index < -0.39 is 5.97 Å². The van der Waals surface area contributed by atoms with Gasteiger partial charge in [0.15, 0.2) is 0 Å². The first kappa shape index (κ1) is 20.6. The van der Waals surface area contributed by atoms with Crippen molar-refractivity contribution in [3.63, 3.8) is 0 Å². The fourth-order valence-corrected chi connectivity index (χ4v) is 3.10. The maximum atomic E-state index is 13.1. The van der Waals surface area contributed by atoms with Gasteiger partial charge in [-0.2, -0.15) is 0 Å². The summed E-state index contributed by atoms with van der Waals surface area (Å²) in [5, 5.41) is 3.59. The van der Waals surface area contributed by atoms with E-state index in [2.05, 4.69) is 5.32 Å². The Hall–Kier alpha value is -3.08. The summed E-state index contributed by atoms with van der Waals surface area (Å²) in [5.41, 5.74) is 2.46. The summed E-state index contributed by atoms with van der Waals surface area (Å²) in [6.07, 6.45) is 1.73. The van der Waals surface area contributed by atoms with Gasteiger partial charge in [0, 0.05) is 16.3 Å². The maximum Gasteiger partial charge on any atom is 0.339 e. The van der Waals surface area contributed by atoms with Gasteiger partial charge in [-0.1, -0.05) is 71.7 Å². The zero-order chi connectivity index (χ0) is 20.8. The fraction of sp³-hybridized carbons (Fsp3) is 0.0435. The molecule has 4 nitrogen and oxygen atoms in total. The van der Waals surface area contributed by atoms with Gasteiger partial charge in [-0.3, -0.25) is 4.79 Å². The van der Waals surface area contributed by atoms with Crippen molar-refractivity contribution >= 4 is 52.4 Å². The number of nitrogens with one attached hydrogen (secondary N) is 1. The highest BCUT2D eigenvalue weighted by atomic mass is 35.5. The number of halogens is 2. The molecule has 1 amide bonds. The lowest BCUT2D eigenvalue weighted by molar-refractivity contribution is -0.111. The van der Waals surface area contributed by atoms with Crippen molar-refractivity contribution in [2.75, 3.05) is 12.4 Å². The van der Waals surface area contributed by atoms with Gasteiger partial charge in [0.1, 0.15) is 0 Å². The van der Waals surface area contributed by atoms with Crippen molar-refractivity contribution in [2.45, 2.75) is 0 Å². The average molecular weight is 426 g/mol. The highest BCUT2D eigenvalue weighted by molar-refractivity contribution is 6.35. The van der Waals surface area contributed by atoms with Gasteiger partial charge >= 0.3 is 5.97 Å². The number of hydrogen-bond acceptors (Lipinski definition) is 3. The predicted molar refractivity (Wildman–Crippen MR) is 117 cm³/mol. The molecule has 3 aromatic carbocycles. The minimum atomic E-state index is -0.582. The molecule has 0 aliphatic carbocycles. The zero-order valence-corrected chi connectivity index (χ0v) is 17.0. The lowest BCUT2D eigenvalue weighted by atomic mass is 10.0. The maximum absolute atomic E-state index is 13.1. The van der Waals surface area contributed by atoms with Gasteiger partial charge in [0.2, 0.25) is 0 Å². The smallest absolute Gasteiger partial charge is 0.339 e. The molecule has 146 valence electrons. The predicted octanol–water partition coefficient (Wildman–Crippen LogP) is 5.96. The number of carbonyl (C=O) groups excluding carboxylic acids is 2. The molecule has 29 heavy (non-hydrogen) atoms. The van der Waals surface area contributed by atoms with E-state index in [4.69, 9.17) is 27.9 Å². The van der Waals surface area contributed by atoms with Crippen LogP contribution in [-0.4, -0.2) is 19.0 Å². The van der Waals surface area contributed by atoms with E-state index in [1.54, 1.807) is 18.2 Å². The largest absolute Gasteiger partial charge is 0.465 e. The van der Waals surface area contributed by atoms with Crippen molar-refractivity contribution in [1.82, 2.24) is 0 Å². The van der Waals surface area contributed by atoms with Gasteiger partial charge < -0.3 is 10.1 Å². The molecule has 0 aliphatic heterocycles. The summed E-state index contributed by atoms with van der Waals surface area (Å²) in [6, 6.07) is 21.1. The topological polar surface area (TPSA) is 55.4 Å².